The zero-order valence-corrected chi connectivity index (χ0v) is 17.5. The number of carboxylic acids is 1. The van der Waals surface area contributed by atoms with Crippen molar-refractivity contribution in [2.24, 2.45) is 0 Å². The van der Waals surface area contributed by atoms with Gasteiger partial charge in [-0.05, 0) is 56.2 Å². The number of pyridine rings is 1. The first-order valence-electron chi connectivity index (χ1n) is 8.90. The average Bonchev–Trinajstić information content (AvgIpc) is 2.66. The first-order valence-corrected chi connectivity index (χ1v) is 9.65. The van der Waals surface area contributed by atoms with Crippen molar-refractivity contribution in [2.75, 3.05) is 0 Å². The summed E-state index contributed by atoms with van der Waals surface area (Å²) in [5.41, 5.74) is 1.38. The molecule has 1 aromatic heterocycles. The lowest BCUT2D eigenvalue weighted by Gasteiger charge is -2.21. The minimum atomic E-state index is -1.35. The Bertz CT molecular complexity index is 1200. The topological polar surface area (TPSA) is 59.3 Å². The third kappa shape index (κ3) is 3.68. The molecule has 7 heteroatoms. The molecule has 1 heterocycles. The Morgan fingerprint density at radius 1 is 1.07 bits per heavy atom. The second-order valence-electron chi connectivity index (χ2n) is 6.66. The minimum absolute atomic E-state index is 0.233. The Morgan fingerprint density at radius 2 is 1.72 bits per heavy atom. The van der Waals surface area contributed by atoms with E-state index < -0.39 is 17.2 Å². The van der Waals surface area contributed by atoms with Gasteiger partial charge in [-0.3, -0.25) is 4.79 Å². The van der Waals surface area contributed by atoms with Crippen LogP contribution in [0.25, 0.3) is 22.4 Å². The molecule has 3 aromatic rings. The van der Waals surface area contributed by atoms with Crippen LogP contribution in [0.15, 0.2) is 41.2 Å². The van der Waals surface area contributed by atoms with Gasteiger partial charge in [0.25, 0.3) is 0 Å². The number of aryl methyl sites for hydroxylation is 1. The monoisotopic (exact) mass is 433 g/mol. The fourth-order valence-electron chi connectivity index (χ4n) is 3.51. The number of carbonyl (C=O) groups is 1. The van der Waals surface area contributed by atoms with Crippen molar-refractivity contribution in [1.82, 2.24) is 4.57 Å². The summed E-state index contributed by atoms with van der Waals surface area (Å²) in [5, 5.41) is 10.5. The molecular weight excluding hydrogens is 416 g/mol. The molecule has 0 spiro atoms. The van der Waals surface area contributed by atoms with Crippen LogP contribution in [0.5, 0.6) is 0 Å². The van der Waals surface area contributed by atoms with E-state index in [9.17, 15) is 19.1 Å². The molecule has 2 aromatic carbocycles. The zero-order chi connectivity index (χ0) is 21.5. The molecule has 0 fully saturated rings. The number of carboxylic acid groups (broad SMARTS) is 1. The first-order chi connectivity index (χ1) is 13.7. The van der Waals surface area contributed by atoms with Crippen LogP contribution in [0.2, 0.25) is 10.0 Å². The van der Waals surface area contributed by atoms with E-state index in [0.29, 0.717) is 34.0 Å². The smallest absolute Gasteiger partial charge is 0.341 e. The average molecular weight is 434 g/mol. The number of rotatable bonds is 4. The fraction of sp³-hybridized carbons (Fsp3) is 0.182. The number of benzene rings is 2. The SMILES string of the molecule is CCn1c(C)c(-c2ccc(F)c(C)c2)c(=O)c(C(=O)O)c1-c1ccc(Cl)c(Cl)c1. The lowest BCUT2D eigenvalue weighted by molar-refractivity contribution is 0.0695. The zero-order valence-electron chi connectivity index (χ0n) is 16.0. The number of halogens is 3. The van der Waals surface area contributed by atoms with Crippen LogP contribution < -0.4 is 5.43 Å². The maximum Gasteiger partial charge on any atom is 0.341 e. The lowest BCUT2D eigenvalue weighted by atomic mass is 9.95. The maximum atomic E-state index is 13.7. The molecule has 0 amide bonds. The third-order valence-electron chi connectivity index (χ3n) is 4.90. The van der Waals surface area contributed by atoms with E-state index in [-0.39, 0.29) is 21.8 Å². The normalized spacial score (nSPS) is 11.0. The molecule has 29 heavy (non-hydrogen) atoms. The van der Waals surface area contributed by atoms with E-state index in [4.69, 9.17) is 23.2 Å². The van der Waals surface area contributed by atoms with Crippen LogP contribution in [0, 0.1) is 19.7 Å². The highest BCUT2D eigenvalue weighted by atomic mass is 35.5. The summed E-state index contributed by atoms with van der Waals surface area (Å²) in [4.78, 5) is 25.4. The molecule has 0 aliphatic rings. The van der Waals surface area contributed by atoms with Gasteiger partial charge in [0.1, 0.15) is 11.4 Å². The van der Waals surface area contributed by atoms with E-state index in [1.54, 1.807) is 42.7 Å². The Labute approximate surface area is 177 Å². The molecular formula is C22H18Cl2FNO3. The summed E-state index contributed by atoms with van der Waals surface area (Å²) in [5.74, 6) is -1.74. The number of aromatic nitrogens is 1. The summed E-state index contributed by atoms with van der Waals surface area (Å²) in [7, 11) is 0. The van der Waals surface area contributed by atoms with Crippen molar-refractivity contribution >= 4 is 29.2 Å². The third-order valence-corrected chi connectivity index (χ3v) is 5.64. The van der Waals surface area contributed by atoms with Gasteiger partial charge in [0.15, 0.2) is 0 Å². The van der Waals surface area contributed by atoms with E-state index in [0.717, 1.165) is 0 Å². The van der Waals surface area contributed by atoms with E-state index >= 15 is 0 Å². The highest BCUT2D eigenvalue weighted by Crippen LogP contribution is 2.33. The summed E-state index contributed by atoms with van der Waals surface area (Å²) in [6.07, 6.45) is 0. The van der Waals surface area contributed by atoms with Gasteiger partial charge in [-0.2, -0.15) is 0 Å². The van der Waals surface area contributed by atoms with Crippen LogP contribution in [0.4, 0.5) is 4.39 Å². The van der Waals surface area contributed by atoms with Crippen LogP contribution >= 0.6 is 23.2 Å². The summed E-state index contributed by atoms with van der Waals surface area (Å²) in [6, 6.07) is 9.02. The molecule has 0 saturated carbocycles. The maximum absolute atomic E-state index is 13.7. The summed E-state index contributed by atoms with van der Waals surface area (Å²) >= 11 is 12.1. The van der Waals surface area contributed by atoms with Gasteiger partial charge in [-0.1, -0.05) is 35.3 Å². The quantitative estimate of drug-likeness (QED) is 0.551. The molecule has 3 rings (SSSR count). The minimum Gasteiger partial charge on any atom is -0.477 e. The highest BCUT2D eigenvalue weighted by Gasteiger charge is 2.26. The Kier molecular flexibility index (Phi) is 5.82. The van der Waals surface area contributed by atoms with Gasteiger partial charge >= 0.3 is 5.97 Å². The molecule has 4 nitrogen and oxygen atoms in total. The number of nitrogens with zero attached hydrogens (tertiary/aromatic N) is 1. The standard InChI is InChI=1S/C22H18Cl2FNO3/c1-4-26-12(3)18(13-6-8-17(25)11(2)9-13)21(27)19(22(28)29)20(26)14-5-7-15(23)16(24)10-14/h5-10H,4H2,1-3H3,(H,28,29). The van der Waals surface area contributed by atoms with Gasteiger partial charge in [0.05, 0.1) is 15.7 Å². The largest absolute Gasteiger partial charge is 0.477 e. The van der Waals surface area contributed by atoms with Crippen molar-refractivity contribution in [1.29, 1.82) is 0 Å². The summed E-state index contributed by atoms with van der Waals surface area (Å²) in [6.45, 7) is 5.60. The van der Waals surface area contributed by atoms with Crippen molar-refractivity contribution in [3.8, 4) is 22.4 Å². The van der Waals surface area contributed by atoms with Gasteiger partial charge in [0.2, 0.25) is 5.43 Å². The lowest BCUT2D eigenvalue weighted by Crippen LogP contribution is -2.25. The molecule has 0 radical (unpaired) electrons. The highest BCUT2D eigenvalue weighted by molar-refractivity contribution is 6.42. The Morgan fingerprint density at radius 3 is 2.28 bits per heavy atom. The van der Waals surface area contributed by atoms with E-state index in [2.05, 4.69) is 0 Å². The van der Waals surface area contributed by atoms with E-state index in [1.165, 1.54) is 12.1 Å². The molecule has 0 aliphatic heterocycles. The number of hydrogen-bond acceptors (Lipinski definition) is 2. The molecule has 0 saturated heterocycles. The van der Waals surface area contributed by atoms with Gasteiger partial charge in [0, 0.05) is 23.4 Å². The Hall–Kier alpha value is -2.63. The molecule has 0 bridgehead atoms. The second-order valence-corrected chi connectivity index (χ2v) is 7.47. The predicted octanol–water partition coefficient (Wildman–Crippen LogP) is 5.96. The fourth-order valence-corrected chi connectivity index (χ4v) is 3.81. The molecule has 0 aliphatic carbocycles. The predicted molar refractivity (Wildman–Crippen MR) is 114 cm³/mol. The molecule has 150 valence electrons. The number of hydrogen-bond donors (Lipinski definition) is 1. The van der Waals surface area contributed by atoms with Crippen LogP contribution in [-0.2, 0) is 6.54 Å². The van der Waals surface area contributed by atoms with Crippen molar-refractivity contribution in [2.45, 2.75) is 27.3 Å². The van der Waals surface area contributed by atoms with Gasteiger partial charge < -0.3 is 9.67 Å². The van der Waals surface area contributed by atoms with Gasteiger partial charge in [-0.25, -0.2) is 9.18 Å². The van der Waals surface area contributed by atoms with Gasteiger partial charge in [-0.15, -0.1) is 0 Å². The van der Waals surface area contributed by atoms with Crippen molar-refractivity contribution in [3.63, 3.8) is 0 Å². The number of aromatic carboxylic acids is 1. The van der Waals surface area contributed by atoms with Crippen LogP contribution in [0.3, 0.4) is 0 Å². The van der Waals surface area contributed by atoms with Crippen molar-refractivity contribution in [3.05, 3.63) is 79.3 Å². The first kappa shape index (κ1) is 21.1. The molecule has 0 atom stereocenters. The van der Waals surface area contributed by atoms with Crippen molar-refractivity contribution < 1.29 is 14.3 Å². The summed E-state index contributed by atoms with van der Waals surface area (Å²) < 4.78 is 15.5. The van der Waals surface area contributed by atoms with Crippen LogP contribution in [-0.4, -0.2) is 15.6 Å². The second kappa shape index (κ2) is 8.01. The molecule has 0 unspecified atom stereocenters. The molecule has 1 N–H and O–H groups in total. The van der Waals surface area contributed by atoms with E-state index in [1.807, 2.05) is 6.92 Å². The Balaban J connectivity index is 2.45. The van der Waals surface area contributed by atoms with Crippen LogP contribution in [0.1, 0.15) is 28.5 Å².